The number of amides is 1. The lowest BCUT2D eigenvalue weighted by molar-refractivity contribution is -0.0455. The van der Waals surface area contributed by atoms with Crippen molar-refractivity contribution >= 4 is 27.8 Å². The van der Waals surface area contributed by atoms with Gasteiger partial charge in [-0.2, -0.15) is 0 Å². The van der Waals surface area contributed by atoms with Crippen LogP contribution in [0.25, 0.3) is 0 Å². The molecule has 0 bridgehead atoms. The van der Waals surface area contributed by atoms with E-state index in [2.05, 4.69) is 30.8 Å². The van der Waals surface area contributed by atoms with Crippen LogP contribution in [0, 0.1) is 5.41 Å². The number of nitrogens with zero attached hydrogens (tertiary/aromatic N) is 4. The van der Waals surface area contributed by atoms with Crippen LogP contribution in [-0.2, 0) is 4.74 Å². The maximum absolute atomic E-state index is 11.9. The van der Waals surface area contributed by atoms with E-state index in [-0.39, 0.29) is 11.5 Å². The SMILES string of the molecule is CC(C)(C)OC(=O)N1CC2(C1)CN(c1cncc(Br)n1)C2. The summed E-state index contributed by atoms with van der Waals surface area (Å²) in [6.07, 6.45) is 3.22. The van der Waals surface area contributed by atoms with Gasteiger partial charge < -0.3 is 14.5 Å². The van der Waals surface area contributed by atoms with Crippen molar-refractivity contribution in [2.24, 2.45) is 5.41 Å². The number of carbonyl (C=O) groups is 1. The molecule has 2 saturated heterocycles. The first-order chi connectivity index (χ1) is 9.76. The van der Waals surface area contributed by atoms with E-state index in [9.17, 15) is 4.79 Å². The molecule has 21 heavy (non-hydrogen) atoms. The Hall–Kier alpha value is -1.37. The standard InChI is InChI=1S/C14H19BrN4O2/c1-13(2,3)21-12(20)19-8-14(9-19)6-18(7-14)11-5-16-4-10(15)17-11/h4-5H,6-9H2,1-3H3. The molecule has 0 N–H and O–H groups in total. The second-order valence-corrected chi connectivity index (χ2v) is 7.70. The summed E-state index contributed by atoms with van der Waals surface area (Å²) in [5, 5.41) is 0. The Morgan fingerprint density at radius 1 is 1.29 bits per heavy atom. The highest BCUT2D eigenvalue weighted by Crippen LogP contribution is 2.41. The summed E-state index contributed by atoms with van der Waals surface area (Å²) < 4.78 is 6.12. The van der Waals surface area contributed by atoms with Gasteiger partial charge in [0.1, 0.15) is 16.0 Å². The Morgan fingerprint density at radius 2 is 1.95 bits per heavy atom. The predicted molar refractivity (Wildman–Crippen MR) is 82.2 cm³/mol. The van der Waals surface area contributed by atoms with Gasteiger partial charge in [-0.3, -0.25) is 4.98 Å². The molecule has 0 atom stereocenters. The van der Waals surface area contributed by atoms with E-state index in [1.54, 1.807) is 17.3 Å². The lowest BCUT2D eigenvalue weighted by atomic mass is 9.73. The normalized spacial score (nSPS) is 20.0. The number of halogens is 1. The van der Waals surface area contributed by atoms with Crippen molar-refractivity contribution in [1.82, 2.24) is 14.9 Å². The van der Waals surface area contributed by atoms with Gasteiger partial charge in [-0.1, -0.05) is 0 Å². The third-order valence-electron chi connectivity index (χ3n) is 3.67. The molecule has 6 nitrogen and oxygen atoms in total. The second-order valence-electron chi connectivity index (χ2n) is 6.89. The van der Waals surface area contributed by atoms with Gasteiger partial charge in [0.05, 0.1) is 12.4 Å². The fraction of sp³-hybridized carbons (Fsp3) is 0.643. The highest BCUT2D eigenvalue weighted by Gasteiger charge is 2.54. The summed E-state index contributed by atoms with van der Waals surface area (Å²) in [7, 11) is 0. The topological polar surface area (TPSA) is 58.6 Å². The van der Waals surface area contributed by atoms with Crippen LogP contribution in [0.3, 0.4) is 0 Å². The fourth-order valence-corrected chi connectivity index (χ4v) is 3.13. The van der Waals surface area contributed by atoms with Crippen LogP contribution in [0.2, 0.25) is 0 Å². The molecule has 2 aliphatic heterocycles. The van der Waals surface area contributed by atoms with E-state index in [0.29, 0.717) is 0 Å². The van der Waals surface area contributed by atoms with Crippen molar-refractivity contribution in [3.63, 3.8) is 0 Å². The van der Waals surface area contributed by atoms with Crippen LogP contribution >= 0.6 is 15.9 Å². The van der Waals surface area contributed by atoms with Gasteiger partial charge in [0, 0.05) is 31.6 Å². The Morgan fingerprint density at radius 3 is 2.52 bits per heavy atom. The number of aromatic nitrogens is 2. The molecule has 114 valence electrons. The summed E-state index contributed by atoms with van der Waals surface area (Å²) in [6, 6.07) is 0. The number of ether oxygens (including phenoxy) is 1. The van der Waals surface area contributed by atoms with Crippen molar-refractivity contribution in [1.29, 1.82) is 0 Å². The molecule has 3 heterocycles. The molecule has 2 fully saturated rings. The van der Waals surface area contributed by atoms with E-state index in [0.717, 1.165) is 36.6 Å². The number of anilines is 1. The summed E-state index contributed by atoms with van der Waals surface area (Å²) >= 11 is 3.33. The van der Waals surface area contributed by atoms with Gasteiger partial charge in [0.2, 0.25) is 0 Å². The first kappa shape index (κ1) is 14.6. The second kappa shape index (κ2) is 4.83. The lowest BCUT2D eigenvalue weighted by Crippen LogP contribution is -2.73. The zero-order chi connectivity index (χ0) is 15.3. The van der Waals surface area contributed by atoms with Gasteiger partial charge in [0.25, 0.3) is 0 Å². The molecule has 2 aliphatic rings. The Kier molecular flexibility index (Phi) is 3.35. The van der Waals surface area contributed by atoms with Gasteiger partial charge in [-0.15, -0.1) is 0 Å². The number of hydrogen-bond acceptors (Lipinski definition) is 5. The zero-order valence-electron chi connectivity index (χ0n) is 12.5. The third-order valence-corrected chi connectivity index (χ3v) is 4.06. The molecule has 0 unspecified atom stereocenters. The predicted octanol–water partition coefficient (Wildman–Crippen LogP) is 2.30. The van der Waals surface area contributed by atoms with E-state index in [1.165, 1.54) is 0 Å². The minimum atomic E-state index is -0.433. The summed E-state index contributed by atoms with van der Waals surface area (Å²) in [4.78, 5) is 24.4. The monoisotopic (exact) mass is 354 g/mol. The average molecular weight is 355 g/mol. The first-order valence-electron chi connectivity index (χ1n) is 6.97. The van der Waals surface area contributed by atoms with Crippen LogP contribution < -0.4 is 4.90 Å². The highest BCUT2D eigenvalue weighted by atomic mass is 79.9. The van der Waals surface area contributed by atoms with Gasteiger partial charge in [-0.25, -0.2) is 9.78 Å². The van der Waals surface area contributed by atoms with Crippen LogP contribution in [0.5, 0.6) is 0 Å². The molecular weight excluding hydrogens is 336 g/mol. The summed E-state index contributed by atoms with van der Waals surface area (Å²) in [6.45, 7) is 9.01. The number of hydrogen-bond donors (Lipinski definition) is 0. The van der Waals surface area contributed by atoms with Crippen LogP contribution in [0.15, 0.2) is 17.0 Å². The van der Waals surface area contributed by atoms with Gasteiger partial charge >= 0.3 is 6.09 Å². The van der Waals surface area contributed by atoms with Crippen molar-refractivity contribution < 1.29 is 9.53 Å². The molecule has 0 aromatic carbocycles. The Balaban J connectivity index is 1.51. The number of rotatable bonds is 1. The van der Waals surface area contributed by atoms with Gasteiger partial charge in [-0.05, 0) is 36.7 Å². The third kappa shape index (κ3) is 2.97. The Labute approximate surface area is 132 Å². The molecule has 0 radical (unpaired) electrons. The van der Waals surface area contributed by atoms with E-state index < -0.39 is 5.60 Å². The highest BCUT2D eigenvalue weighted by molar-refractivity contribution is 9.10. The zero-order valence-corrected chi connectivity index (χ0v) is 14.1. The molecule has 0 aliphatic carbocycles. The first-order valence-corrected chi connectivity index (χ1v) is 7.76. The summed E-state index contributed by atoms with van der Waals surface area (Å²) in [5.41, 5.74) is -0.224. The maximum atomic E-state index is 11.9. The fourth-order valence-electron chi connectivity index (χ4n) is 2.83. The molecule has 7 heteroatoms. The molecule has 1 amide bonds. The van der Waals surface area contributed by atoms with E-state index in [4.69, 9.17) is 4.74 Å². The number of likely N-dealkylation sites (tertiary alicyclic amines) is 1. The quantitative estimate of drug-likeness (QED) is 0.774. The molecular formula is C14H19BrN4O2. The van der Waals surface area contributed by atoms with Crippen LogP contribution in [-0.4, -0.2) is 52.7 Å². The van der Waals surface area contributed by atoms with Crippen molar-refractivity contribution in [2.45, 2.75) is 26.4 Å². The smallest absolute Gasteiger partial charge is 0.410 e. The van der Waals surface area contributed by atoms with E-state index in [1.807, 2.05) is 20.8 Å². The maximum Gasteiger partial charge on any atom is 0.410 e. The minimum Gasteiger partial charge on any atom is -0.444 e. The minimum absolute atomic E-state index is 0.209. The van der Waals surface area contributed by atoms with Crippen LogP contribution in [0.1, 0.15) is 20.8 Å². The van der Waals surface area contributed by atoms with Crippen molar-refractivity contribution in [2.75, 3.05) is 31.1 Å². The molecule has 1 aromatic rings. The molecule has 3 rings (SSSR count). The van der Waals surface area contributed by atoms with E-state index >= 15 is 0 Å². The Bertz CT molecular complexity index is 558. The lowest BCUT2D eigenvalue weighted by Gasteiger charge is -2.60. The molecule has 1 spiro atoms. The summed E-state index contributed by atoms with van der Waals surface area (Å²) in [5.74, 6) is 0.880. The largest absolute Gasteiger partial charge is 0.444 e. The van der Waals surface area contributed by atoms with Crippen molar-refractivity contribution in [3.05, 3.63) is 17.0 Å². The molecule has 1 aromatic heterocycles. The average Bonchev–Trinajstić information content (AvgIpc) is 2.22. The molecule has 0 saturated carbocycles. The van der Waals surface area contributed by atoms with Crippen LogP contribution in [0.4, 0.5) is 10.6 Å². The number of carbonyl (C=O) groups excluding carboxylic acids is 1. The van der Waals surface area contributed by atoms with Crippen molar-refractivity contribution in [3.8, 4) is 0 Å². The van der Waals surface area contributed by atoms with Gasteiger partial charge in [0.15, 0.2) is 0 Å².